The molecule has 1 saturated heterocycles. The maximum Gasteiger partial charge on any atom is 0.0761 e. The number of rotatable bonds is 3. The Bertz CT molecular complexity index is 588. The maximum atomic E-state index is 6.22. The van der Waals surface area contributed by atoms with Gasteiger partial charge in [0, 0.05) is 29.7 Å². The topological polar surface area (TPSA) is 42.1 Å². The van der Waals surface area contributed by atoms with Crippen molar-refractivity contribution in [2.75, 3.05) is 19.6 Å². The summed E-state index contributed by atoms with van der Waals surface area (Å²) in [5.74, 6) is 0.645. The van der Waals surface area contributed by atoms with E-state index < -0.39 is 0 Å². The number of hydrogen-bond acceptors (Lipinski definition) is 3. The number of halogens is 2. The van der Waals surface area contributed by atoms with Crippen molar-refractivity contribution in [3.63, 3.8) is 0 Å². The smallest absolute Gasteiger partial charge is 0.0761 e. The molecule has 1 aliphatic rings. The Morgan fingerprint density at radius 3 is 2.95 bits per heavy atom. The SMILES string of the molecule is Cl.NCC1CCN(Cc2ccc(Cl)c3cccnc23)C1. The monoisotopic (exact) mass is 311 g/mol. The molecule has 20 heavy (non-hydrogen) atoms. The summed E-state index contributed by atoms with van der Waals surface area (Å²) in [6, 6.07) is 8.02. The molecule has 0 bridgehead atoms. The zero-order chi connectivity index (χ0) is 13.2. The predicted molar refractivity (Wildman–Crippen MR) is 86.4 cm³/mol. The number of benzene rings is 1. The third kappa shape index (κ3) is 3.07. The van der Waals surface area contributed by atoms with Crippen LogP contribution in [-0.2, 0) is 6.54 Å². The summed E-state index contributed by atoms with van der Waals surface area (Å²) >= 11 is 6.22. The fourth-order valence-corrected chi connectivity index (χ4v) is 3.03. The molecule has 1 aromatic heterocycles. The molecule has 1 aromatic carbocycles. The highest BCUT2D eigenvalue weighted by molar-refractivity contribution is 6.35. The Morgan fingerprint density at radius 1 is 1.35 bits per heavy atom. The normalized spacial score (nSPS) is 19.2. The van der Waals surface area contributed by atoms with Gasteiger partial charge in [-0.15, -0.1) is 12.4 Å². The van der Waals surface area contributed by atoms with Crippen molar-refractivity contribution in [3.05, 3.63) is 41.0 Å². The predicted octanol–water partition coefficient (Wildman–Crippen LogP) is 3.09. The van der Waals surface area contributed by atoms with Crippen molar-refractivity contribution in [3.8, 4) is 0 Å². The Balaban J connectivity index is 0.00000147. The van der Waals surface area contributed by atoms with Gasteiger partial charge in [0.15, 0.2) is 0 Å². The van der Waals surface area contributed by atoms with Crippen LogP contribution in [0.3, 0.4) is 0 Å². The van der Waals surface area contributed by atoms with Crippen LogP contribution in [-0.4, -0.2) is 29.5 Å². The number of aromatic nitrogens is 1. The lowest BCUT2D eigenvalue weighted by atomic mass is 10.1. The van der Waals surface area contributed by atoms with Crippen LogP contribution in [0.1, 0.15) is 12.0 Å². The van der Waals surface area contributed by atoms with E-state index in [9.17, 15) is 0 Å². The van der Waals surface area contributed by atoms with E-state index in [-0.39, 0.29) is 12.4 Å². The molecule has 1 unspecified atom stereocenters. The standard InChI is InChI=1S/C15H18ClN3.ClH/c16-14-4-3-12(15-13(14)2-1-6-18-15)10-19-7-5-11(8-17)9-19;/h1-4,6,11H,5,7-10,17H2;1H. The van der Waals surface area contributed by atoms with Crippen LogP contribution in [0.4, 0.5) is 0 Å². The van der Waals surface area contributed by atoms with Gasteiger partial charge in [0.2, 0.25) is 0 Å². The van der Waals surface area contributed by atoms with Crippen molar-refractivity contribution in [2.45, 2.75) is 13.0 Å². The second-order valence-electron chi connectivity index (χ2n) is 5.23. The van der Waals surface area contributed by atoms with Gasteiger partial charge < -0.3 is 5.73 Å². The zero-order valence-electron chi connectivity index (χ0n) is 11.3. The van der Waals surface area contributed by atoms with Gasteiger partial charge in [-0.25, -0.2) is 0 Å². The molecule has 3 rings (SSSR count). The molecule has 0 aliphatic carbocycles. The summed E-state index contributed by atoms with van der Waals surface area (Å²) in [5.41, 5.74) is 8.01. The van der Waals surface area contributed by atoms with Crippen molar-refractivity contribution in [1.82, 2.24) is 9.88 Å². The van der Waals surface area contributed by atoms with E-state index in [2.05, 4.69) is 16.0 Å². The molecule has 0 spiro atoms. The van der Waals surface area contributed by atoms with Gasteiger partial charge in [0.25, 0.3) is 0 Å². The highest BCUT2D eigenvalue weighted by Crippen LogP contribution is 2.27. The van der Waals surface area contributed by atoms with Crippen LogP contribution in [0.25, 0.3) is 10.9 Å². The molecule has 2 aromatic rings. The molecule has 0 amide bonds. The second kappa shape index (κ2) is 6.72. The molecule has 2 heterocycles. The minimum absolute atomic E-state index is 0. The van der Waals surface area contributed by atoms with Crippen LogP contribution in [0.5, 0.6) is 0 Å². The summed E-state index contributed by atoms with van der Waals surface area (Å²) in [7, 11) is 0. The summed E-state index contributed by atoms with van der Waals surface area (Å²) in [5, 5.41) is 1.81. The van der Waals surface area contributed by atoms with Crippen molar-refractivity contribution in [1.29, 1.82) is 0 Å². The zero-order valence-corrected chi connectivity index (χ0v) is 12.8. The first-order valence-electron chi connectivity index (χ1n) is 6.72. The molecule has 1 fully saturated rings. The number of hydrogen-bond donors (Lipinski definition) is 1. The molecule has 108 valence electrons. The average Bonchev–Trinajstić information content (AvgIpc) is 2.90. The molecule has 0 radical (unpaired) electrons. The minimum Gasteiger partial charge on any atom is -0.330 e. The average molecular weight is 312 g/mol. The van der Waals surface area contributed by atoms with E-state index >= 15 is 0 Å². The molecule has 2 N–H and O–H groups in total. The molecule has 3 nitrogen and oxygen atoms in total. The van der Waals surface area contributed by atoms with E-state index in [1.165, 1.54) is 12.0 Å². The van der Waals surface area contributed by atoms with E-state index in [0.717, 1.165) is 42.1 Å². The Kier molecular flexibility index (Phi) is 5.22. The lowest BCUT2D eigenvalue weighted by molar-refractivity contribution is 0.319. The second-order valence-corrected chi connectivity index (χ2v) is 5.64. The van der Waals surface area contributed by atoms with Crippen molar-refractivity contribution < 1.29 is 0 Å². The maximum absolute atomic E-state index is 6.22. The van der Waals surface area contributed by atoms with E-state index in [4.69, 9.17) is 17.3 Å². The van der Waals surface area contributed by atoms with Crippen LogP contribution in [0, 0.1) is 5.92 Å². The van der Waals surface area contributed by atoms with Crippen molar-refractivity contribution >= 4 is 34.9 Å². The molecular formula is C15H19Cl2N3. The van der Waals surface area contributed by atoms with E-state index in [1.807, 2.05) is 24.4 Å². The highest BCUT2D eigenvalue weighted by atomic mass is 35.5. The fraction of sp³-hybridized carbons (Fsp3) is 0.400. The van der Waals surface area contributed by atoms with Gasteiger partial charge >= 0.3 is 0 Å². The summed E-state index contributed by atoms with van der Waals surface area (Å²) in [4.78, 5) is 6.94. The lowest BCUT2D eigenvalue weighted by Crippen LogP contribution is -2.23. The number of fused-ring (bicyclic) bond motifs is 1. The van der Waals surface area contributed by atoms with Gasteiger partial charge in [0.05, 0.1) is 5.52 Å². The molecule has 0 saturated carbocycles. The largest absolute Gasteiger partial charge is 0.330 e. The van der Waals surface area contributed by atoms with E-state index in [1.54, 1.807) is 0 Å². The third-order valence-corrected chi connectivity index (χ3v) is 4.23. The summed E-state index contributed by atoms with van der Waals surface area (Å²) in [6.07, 6.45) is 3.03. The summed E-state index contributed by atoms with van der Waals surface area (Å²) < 4.78 is 0. The highest BCUT2D eigenvalue weighted by Gasteiger charge is 2.21. The quantitative estimate of drug-likeness (QED) is 0.947. The molecule has 5 heteroatoms. The number of nitrogens with two attached hydrogens (primary N) is 1. The van der Waals surface area contributed by atoms with Gasteiger partial charge in [-0.05, 0) is 49.2 Å². The number of likely N-dealkylation sites (tertiary alicyclic amines) is 1. The van der Waals surface area contributed by atoms with Crippen LogP contribution < -0.4 is 5.73 Å². The first-order chi connectivity index (χ1) is 9.28. The molecular weight excluding hydrogens is 293 g/mol. The van der Waals surface area contributed by atoms with Crippen LogP contribution in [0.2, 0.25) is 5.02 Å². The van der Waals surface area contributed by atoms with Crippen LogP contribution in [0.15, 0.2) is 30.5 Å². The number of pyridine rings is 1. The molecule has 1 atom stereocenters. The Hall–Kier alpha value is -0.870. The Morgan fingerprint density at radius 2 is 2.20 bits per heavy atom. The third-order valence-electron chi connectivity index (χ3n) is 3.90. The first-order valence-corrected chi connectivity index (χ1v) is 7.10. The molecule has 1 aliphatic heterocycles. The lowest BCUT2D eigenvalue weighted by Gasteiger charge is -2.17. The minimum atomic E-state index is 0. The van der Waals surface area contributed by atoms with Gasteiger partial charge in [-0.3, -0.25) is 9.88 Å². The Labute approximate surface area is 130 Å². The van der Waals surface area contributed by atoms with Crippen LogP contribution >= 0.6 is 24.0 Å². The van der Waals surface area contributed by atoms with Crippen molar-refractivity contribution in [2.24, 2.45) is 11.7 Å². The summed E-state index contributed by atoms with van der Waals surface area (Å²) in [6.45, 7) is 3.93. The fourth-order valence-electron chi connectivity index (χ4n) is 2.81. The first kappa shape index (κ1) is 15.5. The van der Waals surface area contributed by atoms with Gasteiger partial charge in [-0.2, -0.15) is 0 Å². The number of nitrogens with zero attached hydrogens (tertiary/aromatic N) is 2. The van der Waals surface area contributed by atoms with Gasteiger partial charge in [0.1, 0.15) is 0 Å². The van der Waals surface area contributed by atoms with Gasteiger partial charge in [-0.1, -0.05) is 17.7 Å². The van der Waals surface area contributed by atoms with E-state index in [0.29, 0.717) is 5.92 Å².